The minimum Gasteiger partial charge on any atom is -0.478 e. The lowest BCUT2D eigenvalue weighted by Gasteiger charge is -2.23. The minimum atomic E-state index is -0.998. The maximum absolute atomic E-state index is 12.0. The van der Waals surface area contributed by atoms with Crippen molar-refractivity contribution in [1.29, 1.82) is 0 Å². The van der Waals surface area contributed by atoms with Crippen LogP contribution < -0.4 is 5.69 Å². The zero-order chi connectivity index (χ0) is 14.0. The summed E-state index contributed by atoms with van der Waals surface area (Å²) < 4.78 is 1.38. The fourth-order valence-electron chi connectivity index (χ4n) is 2.70. The maximum atomic E-state index is 12.0. The first kappa shape index (κ1) is 13.8. The molecule has 0 saturated heterocycles. The maximum Gasteiger partial charge on any atom is 0.348 e. The lowest BCUT2D eigenvalue weighted by molar-refractivity contribution is 0.0692. The van der Waals surface area contributed by atoms with Crippen LogP contribution in [0.3, 0.4) is 0 Å². The van der Waals surface area contributed by atoms with E-state index in [-0.39, 0.29) is 23.2 Å². The molecule has 1 aromatic rings. The van der Waals surface area contributed by atoms with Crippen LogP contribution in [0.15, 0.2) is 11.0 Å². The van der Waals surface area contributed by atoms with Gasteiger partial charge in [-0.25, -0.2) is 9.59 Å². The van der Waals surface area contributed by atoms with E-state index in [2.05, 4.69) is 4.98 Å². The molecule has 0 radical (unpaired) electrons. The van der Waals surface area contributed by atoms with E-state index in [1.807, 2.05) is 13.8 Å². The van der Waals surface area contributed by atoms with Crippen molar-refractivity contribution < 1.29 is 9.90 Å². The third-order valence-electron chi connectivity index (χ3n) is 3.76. The van der Waals surface area contributed by atoms with Crippen molar-refractivity contribution in [3.8, 4) is 0 Å². The normalized spacial score (nSPS) is 16.8. The lowest BCUT2D eigenvalue weighted by Crippen LogP contribution is -2.29. The van der Waals surface area contributed by atoms with E-state index >= 15 is 0 Å². The Bertz CT molecular complexity index is 528. The average Bonchev–Trinajstić information content (AvgIpc) is 2.38. The number of carbonyl (C=O) groups is 1. The van der Waals surface area contributed by atoms with Crippen LogP contribution in [0.1, 0.15) is 74.0 Å². The number of hydrogen-bond donors (Lipinski definition) is 1. The Balaban J connectivity index is 2.50. The number of aromatic carboxylic acids is 1. The van der Waals surface area contributed by atoms with Gasteiger partial charge in [-0.1, -0.05) is 19.3 Å². The van der Waals surface area contributed by atoms with Crippen LogP contribution in [0.2, 0.25) is 0 Å². The van der Waals surface area contributed by atoms with E-state index in [9.17, 15) is 14.7 Å². The number of nitrogens with zero attached hydrogens (tertiary/aromatic N) is 2. The number of rotatable bonds is 3. The predicted molar refractivity (Wildman–Crippen MR) is 71.7 cm³/mol. The highest BCUT2D eigenvalue weighted by Crippen LogP contribution is 2.32. The van der Waals surface area contributed by atoms with E-state index < -0.39 is 5.97 Å². The Hall–Kier alpha value is -1.65. The van der Waals surface area contributed by atoms with E-state index in [4.69, 9.17) is 0 Å². The van der Waals surface area contributed by atoms with Crippen molar-refractivity contribution in [3.63, 3.8) is 0 Å². The summed E-state index contributed by atoms with van der Waals surface area (Å²) in [5.41, 5.74) is 0.315. The fourth-order valence-corrected chi connectivity index (χ4v) is 2.70. The zero-order valence-corrected chi connectivity index (χ0v) is 11.4. The van der Waals surface area contributed by atoms with Gasteiger partial charge in [0, 0.05) is 18.2 Å². The molecule has 5 nitrogen and oxygen atoms in total. The first-order chi connectivity index (χ1) is 9.00. The van der Waals surface area contributed by atoms with Crippen molar-refractivity contribution in [2.75, 3.05) is 0 Å². The third-order valence-corrected chi connectivity index (χ3v) is 3.76. The summed E-state index contributed by atoms with van der Waals surface area (Å²) in [6, 6.07) is -0.0847. The van der Waals surface area contributed by atoms with E-state index in [1.165, 1.54) is 17.2 Å². The largest absolute Gasteiger partial charge is 0.478 e. The van der Waals surface area contributed by atoms with Gasteiger partial charge in [-0.05, 0) is 26.7 Å². The molecule has 1 heterocycles. The average molecular weight is 264 g/mol. The number of hydrogen-bond acceptors (Lipinski definition) is 3. The summed E-state index contributed by atoms with van der Waals surface area (Å²) in [5, 5.41) is 9.34. The Morgan fingerprint density at radius 2 is 2.00 bits per heavy atom. The smallest absolute Gasteiger partial charge is 0.348 e. The third kappa shape index (κ3) is 2.85. The van der Waals surface area contributed by atoms with Crippen LogP contribution >= 0.6 is 0 Å². The highest BCUT2D eigenvalue weighted by Gasteiger charge is 2.24. The second-order valence-electron chi connectivity index (χ2n) is 5.46. The molecule has 0 aliphatic heterocycles. The van der Waals surface area contributed by atoms with Crippen LogP contribution in [0.4, 0.5) is 0 Å². The van der Waals surface area contributed by atoms with Crippen LogP contribution in [0.5, 0.6) is 0 Å². The van der Waals surface area contributed by atoms with Crippen LogP contribution in [0, 0.1) is 0 Å². The molecule has 0 unspecified atom stereocenters. The molecule has 1 aliphatic carbocycles. The summed E-state index contributed by atoms with van der Waals surface area (Å²) >= 11 is 0. The SMILES string of the molecule is CC(C)n1cc(C(=O)O)c(C2CCCCC2)nc1=O. The molecule has 0 spiro atoms. The molecular formula is C14H20N2O3. The molecule has 104 valence electrons. The molecule has 1 N–H and O–H groups in total. The Morgan fingerprint density at radius 1 is 1.37 bits per heavy atom. The molecule has 0 aromatic carbocycles. The van der Waals surface area contributed by atoms with Gasteiger partial charge in [0.2, 0.25) is 0 Å². The van der Waals surface area contributed by atoms with Gasteiger partial charge in [0.05, 0.1) is 11.3 Å². The standard InChI is InChI=1S/C14H20N2O3/c1-9(2)16-8-11(13(17)18)12(15-14(16)19)10-6-4-3-5-7-10/h8-10H,3-7H2,1-2H3,(H,17,18). The first-order valence-corrected chi connectivity index (χ1v) is 6.87. The molecule has 19 heavy (non-hydrogen) atoms. The number of aromatic nitrogens is 2. The fraction of sp³-hybridized carbons (Fsp3) is 0.643. The topological polar surface area (TPSA) is 72.2 Å². The molecule has 5 heteroatoms. The van der Waals surface area contributed by atoms with Gasteiger partial charge in [0.15, 0.2) is 0 Å². The van der Waals surface area contributed by atoms with Gasteiger partial charge in [0.25, 0.3) is 0 Å². The first-order valence-electron chi connectivity index (χ1n) is 6.87. The second kappa shape index (κ2) is 5.55. The van der Waals surface area contributed by atoms with Crippen molar-refractivity contribution in [2.24, 2.45) is 0 Å². The summed E-state index contributed by atoms with van der Waals surface area (Å²) in [6.45, 7) is 3.68. The van der Waals surface area contributed by atoms with Gasteiger partial charge in [-0.15, -0.1) is 0 Å². The zero-order valence-electron chi connectivity index (χ0n) is 11.4. The van der Waals surface area contributed by atoms with Crippen molar-refractivity contribution in [2.45, 2.75) is 57.9 Å². The van der Waals surface area contributed by atoms with Crippen molar-refractivity contribution in [1.82, 2.24) is 9.55 Å². The lowest BCUT2D eigenvalue weighted by atomic mass is 9.85. The summed E-state index contributed by atoms with van der Waals surface area (Å²) in [7, 11) is 0. The summed E-state index contributed by atoms with van der Waals surface area (Å²) in [6.07, 6.45) is 6.66. The quantitative estimate of drug-likeness (QED) is 0.910. The van der Waals surface area contributed by atoms with Gasteiger partial charge < -0.3 is 5.11 Å². The van der Waals surface area contributed by atoms with Crippen LogP contribution in [-0.2, 0) is 0 Å². The molecular weight excluding hydrogens is 244 g/mol. The molecule has 0 bridgehead atoms. The molecule has 0 atom stereocenters. The highest BCUT2D eigenvalue weighted by atomic mass is 16.4. The molecule has 1 saturated carbocycles. The monoisotopic (exact) mass is 264 g/mol. The Kier molecular flexibility index (Phi) is 4.02. The van der Waals surface area contributed by atoms with Crippen LogP contribution in [0.25, 0.3) is 0 Å². The highest BCUT2D eigenvalue weighted by molar-refractivity contribution is 5.88. The van der Waals surface area contributed by atoms with Gasteiger partial charge >= 0.3 is 11.7 Å². The van der Waals surface area contributed by atoms with Gasteiger partial charge in [0.1, 0.15) is 0 Å². The number of carboxylic acid groups (broad SMARTS) is 1. The van der Waals surface area contributed by atoms with Crippen LogP contribution in [-0.4, -0.2) is 20.6 Å². The van der Waals surface area contributed by atoms with Crippen molar-refractivity contribution >= 4 is 5.97 Å². The summed E-state index contributed by atoms with van der Waals surface area (Å²) in [5.74, 6) is -0.878. The van der Waals surface area contributed by atoms with Gasteiger partial charge in [-0.3, -0.25) is 4.57 Å². The van der Waals surface area contributed by atoms with Gasteiger partial charge in [-0.2, -0.15) is 4.98 Å². The number of carboxylic acids is 1. The summed E-state index contributed by atoms with van der Waals surface area (Å²) in [4.78, 5) is 27.4. The van der Waals surface area contributed by atoms with Crippen molar-refractivity contribution in [3.05, 3.63) is 27.9 Å². The Labute approximate surface area is 112 Å². The molecule has 1 aliphatic rings. The molecule has 1 fully saturated rings. The van der Waals surface area contributed by atoms with E-state index in [0.29, 0.717) is 5.69 Å². The second-order valence-corrected chi connectivity index (χ2v) is 5.46. The molecule has 0 amide bonds. The minimum absolute atomic E-state index is 0.0847. The predicted octanol–water partition coefficient (Wildman–Crippen LogP) is 2.57. The Morgan fingerprint density at radius 3 is 2.53 bits per heavy atom. The molecule has 1 aromatic heterocycles. The van der Waals surface area contributed by atoms with E-state index in [0.717, 1.165) is 25.7 Å². The van der Waals surface area contributed by atoms with E-state index in [1.54, 1.807) is 0 Å². The molecule has 2 rings (SSSR count).